The van der Waals surface area contributed by atoms with E-state index in [1.54, 1.807) is 6.92 Å². The zero-order chi connectivity index (χ0) is 37.8. The van der Waals surface area contributed by atoms with Gasteiger partial charge in [-0.05, 0) is 79.8 Å². The fourth-order valence-corrected chi connectivity index (χ4v) is 5.98. The first-order valence-electron chi connectivity index (χ1n) is 18.0. The number of ketones is 1. The lowest BCUT2D eigenvalue weighted by molar-refractivity contribution is -0.134. The van der Waals surface area contributed by atoms with Crippen molar-refractivity contribution in [1.82, 2.24) is 21.3 Å². The molecule has 0 bridgehead atoms. The van der Waals surface area contributed by atoms with Crippen molar-refractivity contribution in [3.05, 3.63) is 102 Å². The number of nitrogens with one attached hydrogen (secondary N) is 4. The van der Waals surface area contributed by atoms with Crippen molar-refractivity contribution in [3.8, 4) is 5.75 Å². The van der Waals surface area contributed by atoms with Crippen LogP contribution in [-0.2, 0) is 36.8 Å². The fraction of sp³-hybridized carbons (Fsp3) is 0.439. The van der Waals surface area contributed by atoms with E-state index in [-0.39, 0.29) is 48.2 Å². The maximum Gasteiger partial charge on any atom is 0.251 e. The lowest BCUT2D eigenvalue weighted by atomic mass is 9.93. The van der Waals surface area contributed by atoms with Crippen molar-refractivity contribution in [2.75, 3.05) is 6.61 Å². The lowest BCUT2D eigenvalue weighted by Crippen LogP contribution is -2.59. The van der Waals surface area contributed by atoms with Gasteiger partial charge in [-0.3, -0.25) is 24.0 Å². The van der Waals surface area contributed by atoms with E-state index in [9.17, 15) is 29.1 Å². The predicted molar refractivity (Wildman–Crippen MR) is 198 cm³/mol. The summed E-state index contributed by atoms with van der Waals surface area (Å²) in [5.74, 6) is -2.24. The molecule has 0 unspecified atom stereocenters. The molecule has 3 aromatic carbocycles. The van der Waals surface area contributed by atoms with Gasteiger partial charge in [0.1, 0.15) is 29.5 Å². The molecule has 0 saturated carbocycles. The maximum absolute atomic E-state index is 14.1. The van der Waals surface area contributed by atoms with Crippen molar-refractivity contribution in [3.63, 3.8) is 0 Å². The molecule has 278 valence electrons. The minimum Gasteiger partial charge on any atom is -0.508 e. The Bertz CT molecular complexity index is 1660. The van der Waals surface area contributed by atoms with E-state index < -0.39 is 53.4 Å². The number of rotatable bonds is 19. The van der Waals surface area contributed by atoms with Crippen molar-refractivity contribution in [1.29, 1.82) is 0 Å². The Balaban J connectivity index is 1.55. The summed E-state index contributed by atoms with van der Waals surface area (Å²) in [4.78, 5) is 68.5. The van der Waals surface area contributed by atoms with Gasteiger partial charge >= 0.3 is 0 Å². The number of ether oxygens (including phenoxy) is 1. The molecule has 11 heteroatoms. The van der Waals surface area contributed by atoms with Crippen LogP contribution in [0.4, 0.5) is 0 Å². The standard InChI is InChI=1S/C41H52N4O7/c1-26(2)22-33(36(47)41(5)25-52-41)43-40(51)35(24-29-14-10-7-11-15-29)45-39(50)34(23-27(3)4)44-38(49)32(21-16-28-12-8-6-9-13-28)42-37(48)30-17-19-31(46)20-18-30/h6-15,17-20,26-27,32-35,46H,16,21-25H2,1-5H3,(H,42,48)(H,43,51)(H,44,49)(H,45,50)/t32-,33-,34-,35-,41+/m0/s1. The molecule has 5 atom stereocenters. The van der Waals surface area contributed by atoms with Gasteiger partial charge in [0.2, 0.25) is 17.7 Å². The molecule has 0 radical (unpaired) electrons. The summed E-state index contributed by atoms with van der Waals surface area (Å²) in [7, 11) is 0. The lowest BCUT2D eigenvalue weighted by Gasteiger charge is -2.28. The Morgan fingerprint density at radius 2 is 1.13 bits per heavy atom. The molecule has 11 nitrogen and oxygen atoms in total. The van der Waals surface area contributed by atoms with Crippen LogP contribution in [0, 0.1) is 11.8 Å². The van der Waals surface area contributed by atoms with E-state index in [1.165, 1.54) is 24.3 Å². The van der Waals surface area contributed by atoms with Crippen molar-refractivity contribution in [2.24, 2.45) is 11.8 Å². The Labute approximate surface area is 306 Å². The second kappa shape index (κ2) is 18.5. The van der Waals surface area contributed by atoms with Gasteiger partial charge in [-0.2, -0.15) is 0 Å². The third-order valence-electron chi connectivity index (χ3n) is 9.01. The van der Waals surface area contributed by atoms with Crippen LogP contribution in [0.1, 0.15) is 75.4 Å². The number of carbonyl (C=O) groups excluding carboxylic acids is 5. The van der Waals surface area contributed by atoms with E-state index in [2.05, 4.69) is 21.3 Å². The Hall–Kier alpha value is -5.03. The number of aromatic hydroxyl groups is 1. The normalized spacial score (nSPS) is 17.4. The van der Waals surface area contributed by atoms with Crippen LogP contribution in [0.2, 0.25) is 0 Å². The number of phenols is 1. The number of Topliss-reactive ketones (excluding diaryl/α,β-unsaturated/α-hetero) is 1. The topological polar surface area (TPSA) is 166 Å². The van der Waals surface area contributed by atoms with Crippen LogP contribution in [0.25, 0.3) is 0 Å². The smallest absolute Gasteiger partial charge is 0.251 e. The van der Waals surface area contributed by atoms with Crippen LogP contribution in [0.5, 0.6) is 5.75 Å². The number of amides is 4. The number of hydrogen-bond acceptors (Lipinski definition) is 7. The van der Waals surface area contributed by atoms with Gasteiger partial charge < -0.3 is 31.1 Å². The van der Waals surface area contributed by atoms with Crippen LogP contribution in [0.3, 0.4) is 0 Å². The molecular weight excluding hydrogens is 660 g/mol. The summed E-state index contributed by atoms with van der Waals surface area (Å²) in [6.45, 7) is 9.76. The van der Waals surface area contributed by atoms with E-state index in [0.29, 0.717) is 19.4 Å². The molecule has 0 aliphatic carbocycles. The Morgan fingerprint density at radius 1 is 0.654 bits per heavy atom. The molecule has 1 saturated heterocycles. The number of epoxide rings is 1. The number of carbonyl (C=O) groups is 5. The molecule has 5 N–H and O–H groups in total. The summed E-state index contributed by atoms with van der Waals surface area (Å²) >= 11 is 0. The first-order valence-corrected chi connectivity index (χ1v) is 18.0. The average Bonchev–Trinajstić information content (AvgIpc) is 3.87. The highest BCUT2D eigenvalue weighted by atomic mass is 16.6. The van der Waals surface area contributed by atoms with Crippen LogP contribution in [-0.4, -0.2) is 70.9 Å². The van der Waals surface area contributed by atoms with E-state index >= 15 is 0 Å². The second-order valence-electron chi connectivity index (χ2n) is 14.6. The zero-order valence-corrected chi connectivity index (χ0v) is 30.7. The predicted octanol–water partition coefficient (Wildman–Crippen LogP) is 4.27. The number of phenolic OH excluding ortho intramolecular Hbond substituents is 1. The summed E-state index contributed by atoms with van der Waals surface area (Å²) in [6, 6.07) is 20.6. The number of benzene rings is 3. The fourth-order valence-electron chi connectivity index (χ4n) is 5.98. The SMILES string of the molecule is CC(C)C[C@H](NC(=O)[C@H](CCc1ccccc1)NC(=O)c1ccc(O)cc1)C(=O)N[C@@H](Cc1ccccc1)C(=O)N[C@@H](CC(C)C)C(=O)[C@@]1(C)CO1. The molecule has 4 amide bonds. The molecule has 52 heavy (non-hydrogen) atoms. The summed E-state index contributed by atoms with van der Waals surface area (Å²) in [5.41, 5.74) is 1.10. The van der Waals surface area contributed by atoms with Crippen LogP contribution >= 0.6 is 0 Å². The number of hydrogen-bond donors (Lipinski definition) is 5. The molecule has 1 fully saturated rings. The van der Waals surface area contributed by atoms with E-state index in [4.69, 9.17) is 4.74 Å². The van der Waals surface area contributed by atoms with Gasteiger partial charge in [-0.1, -0.05) is 88.4 Å². The van der Waals surface area contributed by atoms with Crippen molar-refractivity contribution < 1.29 is 33.8 Å². The highest BCUT2D eigenvalue weighted by molar-refractivity contribution is 6.00. The summed E-state index contributed by atoms with van der Waals surface area (Å²) in [6.07, 6.45) is 1.55. The zero-order valence-electron chi connectivity index (χ0n) is 30.7. The Kier molecular flexibility index (Phi) is 14.1. The molecule has 1 aliphatic rings. The quantitative estimate of drug-likeness (QED) is 0.116. The molecule has 4 rings (SSSR count). The highest BCUT2D eigenvalue weighted by Crippen LogP contribution is 2.29. The first-order chi connectivity index (χ1) is 24.7. The minimum absolute atomic E-state index is 0.00460. The van der Waals surface area contributed by atoms with Gasteiger partial charge in [-0.25, -0.2) is 0 Å². The first kappa shape index (κ1) is 39.8. The largest absolute Gasteiger partial charge is 0.508 e. The number of aryl methyl sites for hydroxylation is 1. The summed E-state index contributed by atoms with van der Waals surface area (Å²) in [5, 5.41) is 21.1. The van der Waals surface area contributed by atoms with Crippen LogP contribution < -0.4 is 21.3 Å². The van der Waals surface area contributed by atoms with E-state index in [1.807, 2.05) is 88.4 Å². The molecule has 1 aliphatic heterocycles. The molecule has 0 spiro atoms. The van der Waals surface area contributed by atoms with Gasteiger partial charge in [0.15, 0.2) is 5.78 Å². The molecule has 0 aromatic heterocycles. The van der Waals surface area contributed by atoms with Gasteiger partial charge in [0.25, 0.3) is 5.91 Å². The minimum atomic E-state index is -1.06. The second-order valence-corrected chi connectivity index (χ2v) is 14.6. The molecule has 3 aromatic rings. The molecule has 1 heterocycles. The Morgan fingerprint density at radius 3 is 1.69 bits per heavy atom. The van der Waals surface area contributed by atoms with Crippen molar-refractivity contribution in [2.45, 2.75) is 96.5 Å². The third-order valence-corrected chi connectivity index (χ3v) is 9.01. The van der Waals surface area contributed by atoms with E-state index in [0.717, 1.165) is 11.1 Å². The monoisotopic (exact) mass is 712 g/mol. The molecular formula is C41H52N4O7. The van der Waals surface area contributed by atoms with Gasteiger partial charge in [0.05, 0.1) is 12.6 Å². The maximum atomic E-state index is 14.1. The van der Waals surface area contributed by atoms with Crippen molar-refractivity contribution >= 4 is 29.4 Å². The average molecular weight is 713 g/mol. The third kappa shape index (κ3) is 12.0. The van der Waals surface area contributed by atoms with Gasteiger partial charge in [0, 0.05) is 12.0 Å². The summed E-state index contributed by atoms with van der Waals surface area (Å²) < 4.78 is 5.40. The van der Waals surface area contributed by atoms with Crippen LogP contribution in [0.15, 0.2) is 84.9 Å². The van der Waals surface area contributed by atoms with Gasteiger partial charge in [-0.15, -0.1) is 0 Å². The highest BCUT2D eigenvalue weighted by Gasteiger charge is 2.50.